The first-order valence-corrected chi connectivity index (χ1v) is 11.0. The zero-order chi connectivity index (χ0) is 20.8. The summed E-state index contributed by atoms with van der Waals surface area (Å²) in [5.41, 5.74) is 0.954. The van der Waals surface area contributed by atoms with Gasteiger partial charge in [0.05, 0.1) is 0 Å². The Morgan fingerprint density at radius 1 is 0.750 bits per heavy atom. The summed E-state index contributed by atoms with van der Waals surface area (Å²) < 4.78 is 11.4. The highest BCUT2D eigenvalue weighted by Gasteiger charge is 2.40. The van der Waals surface area contributed by atoms with Crippen LogP contribution in [0.15, 0.2) is 24.3 Å². The van der Waals surface area contributed by atoms with Crippen molar-refractivity contribution >= 4 is 11.9 Å². The van der Waals surface area contributed by atoms with Gasteiger partial charge in [-0.25, -0.2) is 9.59 Å². The molecule has 0 amide bonds. The van der Waals surface area contributed by atoms with Crippen LogP contribution in [0.3, 0.4) is 0 Å². The van der Waals surface area contributed by atoms with Crippen molar-refractivity contribution in [1.29, 1.82) is 0 Å². The van der Waals surface area contributed by atoms with E-state index in [9.17, 15) is 9.59 Å². The van der Waals surface area contributed by atoms with E-state index in [-0.39, 0.29) is 24.1 Å². The lowest BCUT2D eigenvalue weighted by molar-refractivity contribution is -0.153. The van der Waals surface area contributed by atoms with Gasteiger partial charge in [-0.1, -0.05) is 27.0 Å². The van der Waals surface area contributed by atoms with E-state index >= 15 is 0 Å². The van der Waals surface area contributed by atoms with Gasteiger partial charge in [0.2, 0.25) is 0 Å². The van der Waals surface area contributed by atoms with Crippen LogP contribution in [0.1, 0.15) is 79.1 Å². The average molecular weight is 391 g/mol. The van der Waals surface area contributed by atoms with Crippen LogP contribution >= 0.6 is 0 Å². The number of rotatable bonds is 7. The van der Waals surface area contributed by atoms with E-state index < -0.39 is 0 Å². The van der Waals surface area contributed by atoms with E-state index in [4.69, 9.17) is 9.47 Å². The second-order valence-electron chi connectivity index (χ2n) is 8.93. The lowest BCUT2D eigenvalue weighted by Crippen LogP contribution is -2.39. The SMILES string of the molecule is C=C(C)C(=O)OC1CCC(C2CCC(OC(=O)C(=C)C)C(CC)C2)CC1CC. The van der Waals surface area contributed by atoms with Gasteiger partial charge in [0.1, 0.15) is 12.2 Å². The summed E-state index contributed by atoms with van der Waals surface area (Å²) in [7, 11) is 0. The lowest BCUT2D eigenvalue weighted by atomic mass is 9.66. The maximum absolute atomic E-state index is 11.9. The van der Waals surface area contributed by atoms with Crippen LogP contribution in [0.2, 0.25) is 0 Å². The van der Waals surface area contributed by atoms with Crippen LogP contribution in [0.4, 0.5) is 0 Å². The number of ether oxygens (including phenoxy) is 2. The molecule has 2 rings (SSSR count). The first-order chi connectivity index (χ1) is 13.3. The Bertz CT molecular complexity index is 541. The minimum absolute atomic E-state index is 0.0280. The van der Waals surface area contributed by atoms with Crippen molar-refractivity contribution in [2.75, 3.05) is 0 Å². The summed E-state index contributed by atoms with van der Waals surface area (Å²) in [5.74, 6) is 1.70. The molecule has 6 atom stereocenters. The molecular weight excluding hydrogens is 352 g/mol. The van der Waals surface area contributed by atoms with Crippen LogP contribution in [0.5, 0.6) is 0 Å². The normalized spacial score (nSPS) is 33.0. The molecule has 0 heterocycles. The standard InChI is InChI=1S/C24H38O4/c1-7-17-13-19(9-11-21(17)27-23(25)15(3)4)20-10-12-22(18(8-2)14-20)28-24(26)16(5)6/h17-22H,3,5,7-14H2,1-2,4,6H3. The highest BCUT2D eigenvalue weighted by molar-refractivity contribution is 5.87. The van der Waals surface area contributed by atoms with Crippen LogP contribution in [0.25, 0.3) is 0 Å². The zero-order valence-corrected chi connectivity index (χ0v) is 18.2. The average Bonchev–Trinajstić information content (AvgIpc) is 2.68. The number of esters is 2. The molecule has 0 aromatic carbocycles. The second kappa shape index (κ2) is 10.3. The summed E-state index contributed by atoms with van der Waals surface area (Å²) in [6.07, 6.45) is 8.50. The van der Waals surface area contributed by atoms with Crippen LogP contribution in [0, 0.1) is 23.7 Å². The number of hydrogen-bond acceptors (Lipinski definition) is 4. The fourth-order valence-corrected chi connectivity index (χ4v) is 5.05. The molecule has 0 aromatic rings. The Morgan fingerprint density at radius 3 is 1.39 bits per heavy atom. The van der Waals surface area contributed by atoms with Gasteiger partial charge in [-0.05, 0) is 88.9 Å². The predicted octanol–water partition coefficient (Wildman–Crippen LogP) is 5.61. The van der Waals surface area contributed by atoms with Gasteiger partial charge in [0.15, 0.2) is 0 Å². The highest BCUT2D eigenvalue weighted by Crippen LogP contribution is 2.45. The molecule has 0 saturated heterocycles. The van der Waals surface area contributed by atoms with Crippen molar-refractivity contribution in [3.05, 3.63) is 24.3 Å². The Hall–Kier alpha value is -1.58. The molecule has 4 heteroatoms. The Balaban J connectivity index is 1.94. The van der Waals surface area contributed by atoms with Crippen molar-refractivity contribution in [3.63, 3.8) is 0 Å². The maximum Gasteiger partial charge on any atom is 0.333 e. The summed E-state index contributed by atoms with van der Waals surface area (Å²) >= 11 is 0. The van der Waals surface area contributed by atoms with Gasteiger partial charge in [0.25, 0.3) is 0 Å². The van der Waals surface area contributed by atoms with Crippen molar-refractivity contribution in [2.24, 2.45) is 23.7 Å². The van der Waals surface area contributed by atoms with Crippen LogP contribution in [-0.2, 0) is 19.1 Å². The fourth-order valence-electron chi connectivity index (χ4n) is 5.05. The van der Waals surface area contributed by atoms with Gasteiger partial charge in [-0.3, -0.25) is 0 Å². The smallest absolute Gasteiger partial charge is 0.333 e. The van der Waals surface area contributed by atoms with Gasteiger partial charge in [0, 0.05) is 11.1 Å². The Labute approximate surface area is 170 Å². The summed E-state index contributed by atoms with van der Waals surface area (Å²) in [6.45, 7) is 15.2. The van der Waals surface area contributed by atoms with E-state index in [2.05, 4.69) is 27.0 Å². The summed E-state index contributed by atoms with van der Waals surface area (Å²) in [6, 6.07) is 0. The van der Waals surface area contributed by atoms with E-state index in [1.807, 2.05) is 0 Å². The fraction of sp³-hybridized carbons (Fsp3) is 0.750. The highest BCUT2D eigenvalue weighted by atomic mass is 16.5. The third-order valence-corrected chi connectivity index (χ3v) is 6.84. The van der Waals surface area contributed by atoms with Crippen molar-refractivity contribution < 1.29 is 19.1 Å². The molecule has 0 aliphatic heterocycles. The Morgan fingerprint density at radius 2 is 1.11 bits per heavy atom. The molecule has 6 unspecified atom stereocenters. The molecule has 0 N–H and O–H groups in total. The van der Waals surface area contributed by atoms with E-state index in [0.29, 0.717) is 34.8 Å². The van der Waals surface area contributed by atoms with E-state index in [1.54, 1.807) is 13.8 Å². The molecule has 0 radical (unpaired) electrons. The monoisotopic (exact) mass is 390 g/mol. The lowest BCUT2D eigenvalue weighted by Gasteiger charge is -2.43. The Kier molecular flexibility index (Phi) is 8.33. The topological polar surface area (TPSA) is 52.6 Å². The van der Waals surface area contributed by atoms with Gasteiger partial charge in [-0.15, -0.1) is 0 Å². The van der Waals surface area contributed by atoms with E-state index in [1.165, 1.54) is 0 Å². The molecule has 0 aromatic heterocycles. The zero-order valence-electron chi connectivity index (χ0n) is 18.2. The van der Waals surface area contributed by atoms with Gasteiger partial charge < -0.3 is 9.47 Å². The molecule has 0 spiro atoms. The first-order valence-electron chi connectivity index (χ1n) is 11.0. The number of carbonyl (C=O) groups excluding carboxylic acids is 2. The summed E-state index contributed by atoms with van der Waals surface area (Å²) in [5, 5.41) is 0. The third-order valence-electron chi connectivity index (χ3n) is 6.84. The van der Waals surface area contributed by atoms with Crippen molar-refractivity contribution in [2.45, 2.75) is 91.3 Å². The quantitative estimate of drug-likeness (QED) is 0.418. The van der Waals surface area contributed by atoms with Crippen molar-refractivity contribution in [1.82, 2.24) is 0 Å². The second-order valence-corrected chi connectivity index (χ2v) is 8.93. The number of carbonyl (C=O) groups is 2. The minimum atomic E-state index is -0.257. The van der Waals surface area contributed by atoms with E-state index in [0.717, 1.165) is 51.4 Å². The molecule has 2 aliphatic carbocycles. The first kappa shape index (κ1) is 22.7. The number of hydrogen-bond donors (Lipinski definition) is 0. The van der Waals surface area contributed by atoms with Crippen LogP contribution < -0.4 is 0 Å². The largest absolute Gasteiger partial charge is 0.459 e. The molecule has 2 aliphatic rings. The molecule has 2 fully saturated rings. The molecular formula is C24H38O4. The van der Waals surface area contributed by atoms with Gasteiger partial charge >= 0.3 is 11.9 Å². The molecule has 2 saturated carbocycles. The minimum Gasteiger partial charge on any atom is -0.459 e. The molecule has 158 valence electrons. The summed E-state index contributed by atoms with van der Waals surface area (Å²) in [4.78, 5) is 23.9. The predicted molar refractivity (Wildman–Crippen MR) is 112 cm³/mol. The third kappa shape index (κ3) is 5.71. The van der Waals surface area contributed by atoms with Crippen molar-refractivity contribution in [3.8, 4) is 0 Å². The van der Waals surface area contributed by atoms with Crippen LogP contribution in [-0.4, -0.2) is 24.1 Å². The van der Waals surface area contributed by atoms with Gasteiger partial charge in [-0.2, -0.15) is 0 Å². The maximum atomic E-state index is 11.9. The molecule has 28 heavy (non-hydrogen) atoms. The molecule has 0 bridgehead atoms. The molecule has 4 nitrogen and oxygen atoms in total.